The van der Waals surface area contributed by atoms with Gasteiger partial charge in [0.2, 0.25) is 10.0 Å². The van der Waals surface area contributed by atoms with Crippen LogP contribution in [0.4, 0.5) is 5.69 Å². The minimum absolute atomic E-state index is 0.210. The molecule has 0 bridgehead atoms. The fourth-order valence-corrected chi connectivity index (χ4v) is 4.74. The molecule has 4 nitrogen and oxygen atoms in total. The zero-order valence-electron chi connectivity index (χ0n) is 10.2. The van der Waals surface area contributed by atoms with E-state index < -0.39 is 10.0 Å². The van der Waals surface area contributed by atoms with Gasteiger partial charge in [0.1, 0.15) is 0 Å². The highest BCUT2D eigenvalue weighted by atomic mass is 32.2. The van der Waals surface area contributed by atoms with Gasteiger partial charge in [0.25, 0.3) is 0 Å². The zero-order valence-corrected chi connectivity index (χ0v) is 11.8. The number of benzene rings is 1. The Kier molecular flexibility index (Phi) is 4.53. The Balaban J connectivity index is 1.82. The summed E-state index contributed by atoms with van der Waals surface area (Å²) in [5, 5.41) is 0. The molecule has 18 heavy (non-hydrogen) atoms. The highest BCUT2D eigenvalue weighted by Crippen LogP contribution is 2.21. The van der Waals surface area contributed by atoms with Crippen LogP contribution in [-0.4, -0.2) is 37.3 Å². The Morgan fingerprint density at radius 1 is 1.17 bits per heavy atom. The SMILES string of the molecule is Nc1ccc(SCCS(=O)(=O)N2CCCC2)cc1. The fourth-order valence-electron chi connectivity index (χ4n) is 1.92. The van der Waals surface area contributed by atoms with Crippen LogP contribution in [0.3, 0.4) is 0 Å². The van der Waals surface area contributed by atoms with Gasteiger partial charge in [-0.3, -0.25) is 0 Å². The molecule has 1 aliphatic heterocycles. The van der Waals surface area contributed by atoms with Crippen molar-refractivity contribution in [3.63, 3.8) is 0 Å². The van der Waals surface area contributed by atoms with Crippen molar-refractivity contribution in [1.29, 1.82) is 0 Å². The van der Waals surface area contributed by atoms with Crippen LogP contribution in [0.1, 0.15) is 12.8 Å². The van der Waals surface area contributed by atoms with E-state index >= 15 is 0 Å². The lowest BCUT2D eigenvalue weighted by Gasteiger charge is -2.14. The summed E-state index contributed by atoms with van der Waals surface area (Å²) in [6, 6.07) is 7.50. The van der Waals surface area contributed by atoms with Crippen molar-refractivity contribution < 1.29 is 8.42 Å². The minimum Gasteiger partial charge on any atom is -0.399 e. The molecule has 0 saturated carbocycles. The molecular formula is C12H18N2O2S2. The molecule has 2 N–H and O–H groups in total. The summed E-state index contributed by atoms with van der Waals surface area (Å²) in [5.74, 6) is 0.796. The molecule has 0 radical (unpaired) electrons. The van der Waals surface area contributed by atoms with Gasteiger partial charge in [-0.25, -0.2) is 12.7 Å². The van der Waals surface area contributed by atoms with Gasteiger partial charge in [0, 0.05) is 29.4 Å². The summed E-state index contributed by atoms with van der Waals surface area (Å²) in [5.41, 5.74) is 6.32. The van der Waals surface area contributed by atoms with Crippen molar-refractivity contribution in [2.75, 3.05) is 30.3 Å². The van der Waals surface area contributed by atoms with Gasteiger partial charge >= 0.3 is 0 Å². The minimum atomic E-state index is -3.05. The molecule has 100 valence electrons. The average molecular weight is 286 g/mol. The molecule has 0 spiro atoms. The van der Waals surface area contributed by atoms with Gasteiger partial charge in [-0.1, -0.05) is 0 Å². The number of nitrogens with two attached hydrogens (primary N) is 1. The molecule has 0 unspecified atom stereocenters. The summed E-state index contributed by atoms with van der Waals surface area (Å²) in [6.07, 6.45) is 1.98. The molecule has 1 aromatic rings. The molecule has 0 atom stereocenters. The van der Waals surface area contributed by atoms with Crippen LogP contribution in [-0.2, 0) is 10.0 Å². The van der Waals surface area contributed by atoms with E-state index in [-0.39, 0.29) is 5.75 Å². The van der Waals surface area contributed by atoms with Crippen molar-refractivity contribution in [2.45, 2.75) is 17.7 Å². The van der Waals surface area contributed by atoms with Crippen molar-refractivity contribution in [3.05, 3.63) is 24.3 Å². The van der Waals surface area contributed by atoms with Gasteiger partial charge in [-0.05, 0) is 37.1 Å². The van der Waals surface area contributed by atoms with Crippen LogP contribution in [0.15, 0.2) is 29.2 Å². The molecule has 6 heteroatoms. The second-order valence-corrected chi connectivity index (χ2v) is 7.60. The number of thioether (sulfide) groups is 1. The average Bonchev–Trinajstić information content (AvgIpc) is 2.86. The number of hydrogen-bond donors (Lipinski definition) is 1. The lowest BCUT2D eigenvalue weighted by atomic mass is 10.3. The van der Waals surface area contributed by atoms with E-state index in [9.17, 15) is 8.42 Å². The molecule has 1 aliphatic rings. The van der Waals surface area contributed by atoms with E-state index in [1.54, 1.807) is 16.1 Å². The first-order valence-corrected chi connectivity index (χ1v) is 8.63. The van der Waals surface area contributed by atoms with Crippen molar-refractivity contribution in [1.82, 2.24) is 4.31 Å². The number of nitrogen functional groups attached to an aromatic ring is 1. The second kappa shape index (κ2) is 5.95. The van der Waals surface area contributed by atoms with Crippen LogP contribution < -0.4 is 5.73 Å². The molecule has 0 aliphatic carbocycles. The lowest BCUT2D eigenvalue weighted by Crippen LogP contribution is -2.30. The Labute approximate surface area is 113 Å². The zero-order chi connectivity index (χ0) is 13.0. The molecule has 2 rings (SSSR count). The number of rotatable bonds is 5. The quantitative estimate of drug-likeness (QED) is 0.662. The maximum Gasteiger partial charge on any atom is 0.214 e. The second-order valence-electron chi connectivity index (χ2n) is 4.34. The Hall–Kier alpha value is -0.720. The Morgan fingerprint density at radius 3 is 2.39 bits per heavy atom. The van der Waals surface area contributed by atoms with Gasteiger partial charge in [-0.2, -0.15) is 0 Å². The fraction of sp³-hybridized carbons (Fsp3) is 0.500. The monoisotopic (exact) mass is 286 g/mol. The van der Waals surface area contributed by atoms with Crippen molar-refractivity contribution >= 4 is 27.5 Å². The third kappa shape index (κ3) is 3.63. The Morgan fingerprint density at radius 2 is 1.78 bits per heavy atom. The van der Waals surface area contributed by atoms with Crippen LogP contribution >= 0.6 is 11.8 Å². The van der Waals surface area contributed by atoms with Gasteiger partial charge in [0.15, 0.2) is 0 Å². The third-order valence-electron chi connectivity index (χ3n) is 2.95. The predicted octanol–water partition coefficient (Wildman–Crippen LogP) is 1.79. The molecular weight excluding hydrogens is 268 g/mol. The summed E-state index contributed by atoms with van der Waals surface area (Å²) in [7, 11) is -3.05. The largest absolute Gasteiger partial charge is 0.399 e. The van der Waals surface area contributed by atoms with E-state index in [0.717, 1.165) is 23.4 Å². The number of anilines is 1. The van der Waals surface area contributed by atoms with Crippen molar-refractivity contribution in [2.24, 2.45) is 0 Å². The first-order valence-electron chi connectivity index (χ1n) is 6.04. The van der Waals surface area contributed by atoms with Crippen molar-refractivity contribution in [3.8, 4) is 0 Å². The first kappa shape index (κ1) is 13.7. The van der Waals surface area contributed by atoms with Gasteiger partial charge < -0.3 is 5.73 Å². The number of hydrogen-bond acceptors (Lipinski definition) is 4. The summed E-state index contributed by atoms with van der Waals surface area (Å²) in [4.78, 5) is 1.06. The highest BCUT2D eigenvalue weighted by molar-refractivity contribution is 8.00. The normalized spacial score (nSPS) is 17.1. The maximum atomic E-state index is 12.0. The highest BCUT2D eigenvalue weighted by Gasteiger charge is 2.24. The number of nitrogens with zero attached hydrogens (tertiary/aromatic N) is 1. The third-order valence-corrected chi connectivity index (χ3v) is 6.09. The molecule has 0 amide bonds. The van der Waals surface area contributed by atoms with Gasteiger partial charge in [-0.15, -0.1) is 11.8 Å². The number of sulfonamides is 1. The molecule has 1 heterocycles. The van der Waals surface area contributed by atoms with E-state index in [4.69, 9.17) is 5.73 Å². The van der Waals surface area contributed by atoms with Crippen LogP contribution in [0, 0.1) is 0 Å². The lowest BCUT2D eigenvalue weighted by molar-refractivity contribution is 0.479. The Bertz CT molecular complexity index is 479. The van der Waals surface area contributed by atoms with E-state index in [0.29, 0.717) is 18.8 Å². The first-order chi connectivity index (χ1) is 8.58. The maximum absolute atomic E-state index is 12.0. The van der Waals surface area contributed by atoms with Crippen LogP contribution in [0.5, 0.6) is 0 Å². The van der Waals surface area contributed by atoms with E-state index in [2.05, 4.69) is 0 Å². The smallest absolute Gasteiger partial charge is 0.214 e. The van der Waals surface area contributed by atoms with Gasteiger partial charge in [0.05, 0.1) is 5.75 Å². The standard InChI is InChI=1S/C12H18N2O2S2/c13-11-3-5-12(6-4-11)17-9-10-18(15,16)14-7-1-2-8-14/h3-6H,1-2,7-10,13H2. The topological polar surface area (TPSA) is 63.4 Å². The molecule has 1 aromatic carbocycles. The summed E-state index contributed by atoms with van der Waals surface area (Å²) in [6.45, 7) is 1.38. The van der Waals surface area contributed by atoms with E-state index in [1.807, 2.05) is 24.3 Å². The molecule has 1 fully saturated rings. The van der Waals surface area contributed by atoms with E-state index in [1.165, 1.54) is 0 Å². The van der Waals surface area contributed by atoms with Crippen LogP contribution in [0.2, 0.25) is 0 Å². The summed E-state index contributed by atoms with van der Waals surface area (Å²) < 4.78 is 25.5. The molecule has 1 saturated heterocycles. The summed E-state index contributed by atoms with van der Waals surface area (Å²) >= 11 is 1.55. The molecule has 0 aromatic heterocycles. The predicted molar refractivity (Wildman–Crippen MR) is 76.2 cm³/mol. The van der Waals surface area contributed by atoms with Crippen LogP contribution in [0.25, 0.3) is 0 Å².